The molecule has 23 heavy (non-hydrogen) atoms. The first-order chi connectivity index (χ1) is 11.1. The van der Waals surface area contributed by atoms with Crippen LogP contribution in [0.2, 0.25) is 0 Å². The number of amides is 1. The zero-order valence-electron chi connectivity index (χ0n) is 14.0. The third-order valence-electron chi connectivity index (χ3n) is 4.62. The number of esters is 1. The second-order valence-corrected chi connectivity index (χ2v) is 6.27. The predicted molar refractivity (Wildman–Crippen MR) is 89.2 cm³/mol. The summed E-state index contributed by atoms with van der Waals surface area (Å²) >= 11 is 0. The van der Waals surface area contributed by atoms with E-state index in [1.807, 2.05) is 0 Å². The molecule has 0 radical (unpaired) electrons. The van der Waals surface area contributed by atoms with Crippen molar-refractivity contribution in [1.82, 2.24) is 4.98 Å². The van der Waals surface area contributed by atoms with E-state index in [4.69, 9.17) is 0 Å². The molecule has 1 heterocycles. The Morgan fingerprint density at radius 3 is 2.57 bits per heavy atom. The van der Waals surface area contributed by atoms with E-state index in [2.05, 4.69) is 22.0 Å². The molecule has 0 aliphatic heterocycles. The molecule has 1 aliphatic carbocycles. The number of nitrogens with one attached hydrogen (secondary N) is 1. The number of hydrogen-bond donors (Lipinski definition) is 1. The Balaban J connectivity index is 1.82. The van der Waals surface area contributed by atoms with E-state index >= 15 is 0 Å². The van der Waals surface area contributed by atoms with Crippen LogP contribution in [0.1, 0.15) is 62.2 Å². The van der Waals surface area contributed by atoms with Gasteiger partial charge in [0.1, 0.15) is 5.82 Å². The van der Waals surface area contributed by atoms with Gasteiger partial charge in [-0.05, 0) is 43.7 Å². The van der Waals surface area contributed by atoms with Crippen LogP contribution in [-0.4, -0.2) is 24.0 Å². The predicted octanol–water partition coefficient (Wildman–Crippen LogP) is 3.80. The fourth-order valence-electron chi connectivity index (χ4n) is 3.14. The van der Waals surface area contributed by atoms with Crippen molar-refractivity contribution >= 4 is 17.7 Å². The minimum atomic E-state index is -0.430. The van der Waals surface area contributed by atoms with Gasteiger partial charge in [-0.15, -0.1) is 0 Å². The Bertz CT molecular complexity index is 520. The molecule has 1 aliphatic rings. The summed E-state index contributed by atoms with van der Waals surface area (Å²) in [5.41, 5.74) is 0.377. The van der Waals surface area contributed by atoms with Gasteiger partial charge in [-0.2, -0.15) is 0 Å². The highest BCUT2D eigenvalue weighted by atomic mass is 16.5. The number of anilines is 1. The highest BCUT2D eigenvalue weighted by Gasteiger charge is 2.26. The Kier molecular flexibility index (Phi) is 6.56. The summed E-state index contributed by atoms with van der Waals surface area (Å²) in [6, 6.07) is 3.24. The van der Waals surface area contributed by atoms with E-state index in [0.29, 0.717) is 11.4 Å². The van der Waals surface area contributed by atoms with E-state index in [1.165, 1.54) is 32.6 Å². The number of aromatic nitrogens is 1. The van der Waals surface area contributed by atoms with Gasteiger partial charge in [0.05, 0.1) is 12.7 Å². The maximum atomic E-state index is 12.3. The molecule has 0 aromatic carbocycles. The van der Waals surface area contributed by atoms with E-state index < -0.39 is 5.97 Å². The van der Waals surface area contributed by atoms with Crippen molar-refractivity contribution in [2.45, 2.75) is 51.9 Å². The summed E-state index contributed by atoms with van der Waals surface area (Å²) < 4.78 is 4.62. The third-order valence-corrected chi connectivity index (χ3v) is 4.62. The number of carbonyl (C=O) groups excluding carboxylic acids is 2. The minimum Gasteiger partial charge on any atom is -0.465 e. The largest absolute Gasteiger partial charge is 0.465 e. The summed E-state index contributed by atoms with van der Waals surface area (Å²) in [5.74, 6) is 0.959. The smallest absolute Gasteiger partial charge is 0.339 e. The monoisotopic (exact) mass is 318 g/mol. The normalized spacial score (nSPS) is 20.8. The number of nitrogens with zero attached hydrogens (tertiary/aromatic N) is 1. The van der Waals surface area contributed by atoms with Crippen molar-refractivity contribution in [1.29, 1.82) is 0 Å². The lowest BCUT2D eigenvalue weighted by molar-refractivity contribution is -0.121. The summed E-state index contributed by atoms with van der Waals surface area (Å²) in [6.07, 6.45) is 9.45. The Morgan fingerprint density at radius 2 is 2.00 bits per heavy atom. The van der Waals surface area contributed by atoms with Crippen molar-refractivity contribution in [3.63, 3.8) is 0 Å². The zero-order chi connectivity index (χ0) is 16.7. The SMILES string of the molecule is CCCCC1CCC(C(=O)Nc2ccc(C(=O)OC)cn2)CC1. The molecule has 0 saturated heterocycles. The van der Waals surface area contributed by atoms with E-state index in [-0.39, 0.29) is 11.8 Å². The van der Waals surface area contributed by atoms with Gasteiger partial charge in [0.2, 0.25) is 5.91 Å². The van der Waals surface area contributed by atoms with Crippen LogP contribution in [0.3, 0.4) is 0 Å². The van der Waals surface area contributed by atoms with Gasteiger partial charge in [-0.1, -0.05) is 26.2 Å². The van der Waals surface area contributed by atoms with Crippen molar-refractivity contribution < 1.29 is 14.3 Å². The second kappa shape index (κ2) is 8.65. The van der Waals surface area contributed by atoms with E-state index in [9.17, 15) is 9.59 Å². The number of methoxy groups -OCH3 is 1. The molecule has 0 bridgehead atoms. The van der Waals surface area contributed by atoms with Crippen molar-refractivity contribution in [2.75, 3.05) is 12.4 Å². The Labute approximate surface area is 137 Å². The van der Waals surface area contributed by atoms with Gasteiger partial charge in [-0.3, -0.25) is 4.79 Å². The average Bonchev–Trinajstić information content (AvgIpc) is 2.60. The molecular weight excluding hydrogens is 292 g/mol. The van der Waals surface area contributed by atoms with E-state index in [1.54, 1.807) is 12.1 Å². The summed E-state index contributed by atoms with van der Waals surface area (Å²) in [4.78, 5) is 27.8. The third kappa shape index (κ3) is 5.05. The highest BCUT2D eigenvalue weighted by molar-refractivity contribution is 5.92. The summed E-state index contributed by atoms with van der Waals surface area (Å²) in [7, 11) is 1.33. The molecule has 5 heteroatoms. The molecule has 0 unspecified atom stereocenters. The van der Waals surface area contributed by atoms with Crippen LogP contribution in [0, 0.1) is 11.8 Å². The quantitative estimate of drug-likeness (QED) is 0.810. The number of ether oxygens (including phenoxy) is 1. The molecule has 1 saturated carbocycles. The van der Waals surface area contributed by atoms with Crippen molar-refractivity contribution in [3.05, 3.63) is 23.9 Å². The van der Waals surface area contributed by atoms with Crippen LogP contribution in [0.25, 0.3) is 0 Å². The van der Waals surface area contributed by atoms with Crippen LogP contribution >= 0.6 is 0 Å². The first kappa shape index (κ1) is 17.4. The lowest BCUT2D eigenvalue weighted by Crippen LogP contribution is -2.27. The molecular formula is C18H26N2O3. The fourth-order valence-corrected chi connectivity index (χ4v) is 3.14. The van der Waals surface area contributed by atoms with Gasteiger partial charge in [-0.25, -0.2) is 9.78 Å². The molecule has 1 aromatic rings. The standard InChI is InChI=1S/C18H26N2O3/c1-3-4-5-13-6-8-14(9-7-13)17(21)20-16-11-10-15(12-19-16)18(22)23-2/h10-14H,3-9H2,1-2H3,(H,19,20,21). The fraction of sp³-hybridized carbons (Fsp3) is 0.611. The number of carbonyl (C=O) groups is 2. The zero-order valence-corrected chi connectivity index (χ0v) is 14.0. The summed E-state index contributed by atoms with van der Waals surface area (Å²) in [6.45, 7) is 2.22. The molecule has 1 aromatic heterocycles. The number of rotatable bonds is 6. The van der Waals surface area contributed by atoms with Gasteiger partial charge in [0.25, 0.3) is 0 Å². The van der Waals surface area contributed by atoms with Crippen LogP contribution < -0.4 is 5.32 Å². The maximum absolute atomic E-state index is 12.3. The number of pyridine rings is 1. The van der Waals surface area contributed by atoms with Gasteiger partial charge in [0.15, 0.2) is 0 Å². The van der Waals surface area contributed by atoms with Crippen molar-refractivity contribution in [2.24, 2.45) is 11.8 Å². The molecule has 126 valence electrons. The Hall–Kier alpha value is -1.91. The number of unbranched alkanes of at least 4 members (excludes halogenated alkanes) is 1. The van der Waals surface area contributed by atoms with E-state index in [0.717, 1.165) is 31.6 Å². The Morgan fingerprint density at radius 1 is 1.26 bits per heavy atom. The topological polar surface area (TPSA) is 68.3 Å². The first-order valence-corrected chi connectivity index (χ1v) is 8.49. The van der Waals surface area contributed by atoms with Crippen LogP contribution in [0.4, 0.5) is 5.82 Å². The molecule has 2 rings (SSSR count). The van der Waals surface area contributed by atoms with Gasteiger partial charge in [0, 0.05) is 12.1 Å². The van der Waals surface area contributed by atoms with Crippen LogP contribution in [0.15, 0.2) is 18.3 Å². The minimum absolute atomic E-state index is 0.0391. The first-order valence-electron chi connectivity index (χ1n) is 8.49. The molecule has 1 N–H and O–H groups in total. The summed E-state index contributed by atoms with van der Waals surface area (Å²) in [5, 5.41) is 2.85. The maximum Gasteiger partial charge on any atom is 0.339 e. The molecule has 5 nitrogen and oxygen atoms in total. The molecule has 1 amide bonds. The van der Waals surface area contributed by atoms with Gasteiger partial charge < -0.3 is 10.1 Å². The molecule has 0 spiro atoms. The van der Waals surface area contributed by atoms with Crippen LogP contribution in [0.5, 0.6) is 0 Å². The van der Waals surface area contributed by atoms with Gasteiger partial charge >= 0.3 is 5.97 Å². The molecule has 0 atom stereocenters. The average molecular weight is 318 g/mol. The number of hydrogen-bond acceptors (Lipinski definition) is 4. The van der Waals surface area contributed by atoms with Crippen molar-refractivity contribution in [3.8, 4) is 0 Å². The lowest BCUT2D eigenvalue weighted by atomic mass is 9.79. The second-order valence-electron chi connectivity index (χ2n) is 6.27. The lowest BCUT2D eigenvalue weighted by Gasteiger charge is -2.27. The molecule has 1 fully saturated rings. The highest BCUT2D eigenvalue weighted by Crippen LogP contribution is 2.32. The van der Waals surface area contributed by atoms with Crippen LogP contribution in [-0.2, 0) is 9.53 Å².